The van der Waals surface area contributed by atoms with Crippen LogP contribution in [0.15, 0.2) is 83.2 Å². The van der Waals surface area contributed by atoms with Crippen LogP contribution in [0.25, 0.3) is 11.3 Å². The fourth-order valence-electron chi connectivity index (χ4n) is 3.42. The van der Waals surface area contributed by atoms with E-state index >= 15 is 0 Å². The van der Waals surface area contributed by atoms with Gasteiger partial charge in [-0.15, -0.1) is 11.3 Å². The number of thiazole rings is 1. The second kappa shape index (κ2) is 8.08. The Hall–Kier alpha value is -3.91. The molecule has 0 aliphatic carbocycles. The quantitative estimate of drug-likeness (QED) is 0.324. The Morgan fingerprint density at radius 2 is 1.84 bits per heavy atom. The number of nitrogens with zero attached hydrogens (tertiary/aromatic N) is 3. The lowest BCUT2D eigenvalue weighted by molar-refractivity contribution is -0.384. The molecule has 0 amide bonds. The number of aromatic nitrogens is 1. The van der Waals surface area contributed by atoms with Crippen LogP contribution >= 0.6 is 11.3 Å². The van der Waals surface area contributed by atoms with Crippen molar-refractivity contribution in [3.05, 3.63) is 98.7 Å². The molecular formula is C23H17N3O4S. The van der Waals surface area contributed by atoms with Crippen LogP contribution in [0.5, 0.6) is 11.5 Å². The van der Waals surface area contributed by atoms with Gasteiger partial charge in [0.05, 0.1) is 22.8 Å². The van der Waals surface area contributed by atoms with E-state index in [1.54, 1.807) is 12.1 Å². The molecule has 0 spiro atoms. The second-order valence-corrected chi connectivity index (χ2v) is 7.77. The first-order valence-electron chi connectivity index (χ1n) is 9.59. The molecule has 0 bridgehead atoms. The van der Waals surface area contributed by atoms with Gasteiger partial charge in [-0.2, -0.15) is 0 Å². The van der Waals surface area contributed by atoms with Gasteiger partial charge in [-0.3, -0.25) is 10.1 Å². The van der Waals surface area contributed by atoms with Gasteiger partial charge >= 0.3 is 0 Å². The van der Waals surface area contributed by atoms with Crippen molar-refractivity contribution >= 4 is 22.7 Å². The molecule has 8 heteroatoms. The SMILES string of the molecule is O=[N+]([O-])c1cccc(-c2csc(=Nc3ccccc3)n2Cc2ccc3c(c2)OCO3)c1. The van der Waals surface area contributed by atoms with Gasteiger partial charge in [0.2, 0.25) is 6.79 Å². The zero-order valence-electron chi connectivity index (χ0n) is 16.3. The van der Waals surface area contributed by atoms with Crippen LogP contribution in [-0.2, 0) is 6.54 Å². The highest BCUT2D eigenvalue weighted by Crippen LogP contribution is 2.33. The van der Waals surface area contributed by atoms with E-state index < -0.39 is 0 Å². The summed E-state index contributed by atoms with van der Waals surface area (Å²) >= 11 is 1.50. The molecule has 7 nitrogen and oxygen atoms in total. The largest absolute Gasteiger partial charge is 0.454 e. The molecule has 154 valence electrons. The predicted molar refractivity (Wildman–Crippen MR) is 118 cm³/mol. The van der Waals surface area contributed by atoms with E-state index in [0.717, 1.165) is 33.1 Å². The average molecular weight is 431 g/mol. The molecule has 4 aromatic rings. The third-order valence-corrected chi connectivity index (χ3v) is 5.77. The van der Waals surface area contributed by atoms with E-state index in [2.05, 4.69) is 4.57 Å². The van der Waals surface area contributed by atoms with Crippen molar-refractivity contribution in [3.8, 4) is 22.8 Å². The van der Waals surface area contributed by atoms with E-state index in [-0.39, 0.29) is 17.4 Å². The molecule has 1 aromatic heterocycles. The fourth-order valence-corrected chi connectivity index (χ4v) is 4.34. The van der Waals surface area contributed by atoms with Crippen LogP contribution < -0.4 is 14.3 Å². The maximum absolute atomic E-state index is 11.3. The van der Waals surface area contributed by atoms with Crippen LogP contribution in [0, 0.1) is 10.1 Å². The number of non-ortho nitro benzene ring substituents is 1. The molecule has 2 heterocycles. The van der Waals surface area contributed by atoms with E-state index in [1.807, 2.05) is 60.0 Å². The van der Waals surface area contributed by atoms with Crippen molar-refractivity contribution in [1.82, 2.24) is 4.57 Å². The Morgan fingerprint density at radius 3 is 2.68 bits per heavy atom. The van der Waals surface area contributed by atoms with Gasteiger partial charge in [-0.25, -0.2) is 4.99 Å². The first-order valence-corrected chi connectivity index (χ1v) is 10.5. The first-order chi connectivity index (χ1) is 15.2. The van der Waals surface area contributed by atoms with Crippen LogP contribution in [0.3, 0.4) is 0 Å². The highest BCUT2D eigenvalue weighted by Gasteiger charge is 2.16. The van der Waals surface area contributed by atoms with Crippen LogP contribution in [-0.4, -0.2) is 16.3 Å². The van der Waals surface area contributed by atoms with Crippen molar-refractivity contribution in [2.24, 2.45) is 4.99 Å². The molecule has 0 unspecified atom stereocenters. The normalized spacial score (nSPS) is 12.8. The number of hydrogen-bond acceptors (Lipinski definition) is 6. The van der Waals surface area contributed by atoms with Gasteiger partial charge in [0.25, 0.3) is 5.69 Å². The van der Waals surface area contributed by atoms with Gasteiger partial charge in [0.1, 0.15) is 0 Å². The number of para-hydroxylation sites is 1. The van der Waals surface area contributed by atoms with Crippen molar-refractivity contribution in [3.63, 3.8) is 0 Å². The van der Waals surface area contributed by atoms with Gasteiger partial charge < -0.3 is 14.0 Å². The zero-order chi connectivity index (χ0) is 21.2. The monoisotopic (exact) mass is 431 g/mol. The molecule has 0 saturated heterocycles. The Kier molecular flexibility index (Phi) is 4.97. The van der Waals surface area contributed by atoms with Crippen molar-refractivity contribution in [2.45, 2.75) is 6.54 Å². The van der Waals surface area contributed by atoms with E-state index in [9.17, 15) is 10.1 Å². The summed E-state index contributed by atoms with van der Waals surface area (Å²) in [7, 11) is 0. The summed E-state index contributed by atoms with van der Waals surface area (Å²) in [6.45, 7) is 0.752. The highest BCUT2D eigenvalue weighted by atomic mass is 32.1. The number of nitro groups is 1. The minimum absolute atomic E-state index is 0.0554. The number of hydrogen-bond donors (Lipinski definition) is 0. The number of benzene rings is 3. The van der Waals surface area contributed by atoms with E-state index in [4.69, 9.17) is 14.5 Å². The Labute approximate surface area is 181 Å². The van der Waals surface area contributed by atoms with Gasteiger partial charge in [0, 0.05) is 23.1 Å². The molecule has 1 aliphatic heterocycles. The van der Waals surface area contributed by atoms with E-state index in [1.165, 1.54) is 17.4 Å². The summed E-state index contributed by atoms with van der Waals surface area (Å²) in [6, 6.07) is 22.2. The highest BCUT2D eigenvalue weighted by molar-refractivity contribution is 7.07. The maximum atomic E-state index is 11.3. The van der Waals surface area contributed by atoms with Crippen LogP contribution in [0.4, 0.5) is 11.4 Å². The summed E-state index contributed by atoms with van der Waals surface area (Å²) in [5, 5.41) is 13.3. The summed E-state index contributed by atoms with van der Waals surface area (Å²) in [4.78, 5) is 16.5. The van der Waals surface area contributed by atoms with Gasteiger partial charge in [0.15, 0.2) is 16.3 Å². The number of ether oxygens (including phenoxy) is 2. The lowest BCUT2D eigenvalue weighted by atomic mass is 10.1. The number of nitro benzene ring substituents is 1. The second-order valence-electron chi connectivity index (χ2n) is 6.93. The third-order valence-electron chi connectivity index (χ3n) is 4.91. The van der Waals surface area contributed by atoms with Gasteiger partial charge in [-0.05, 0) is 29.8 Å². The lowest BCUT2D eigenvalue weighted by Gasteiger charge is -2.10. The molecule has 0 fully saturated rings. The topological polar surface area (TPSA) is 78.9 Å². The molecule has 5 rings (SSSR count). The summed E-state index contributed by atoms with van der Waals surface area (Å²) in [5.74, 6) is 1.44. The third kappa shape index (κ3) is 3.93. The smallest absolute Gasteiger partial charge is 0.270 e. The molecule has 0 radical (unpaired) electrons. The Bertz CT molecular complexity index is 1330. The van der Waals surface area contributed by atoms with Crippen molar-refractivity contribution in [2.75, 3.05) is 6.79 Å². The number of fused-ring (bicyclic) bond motifs is 1. The fraction of sp³-hybridized carbons (Fsp3) is 0.0870. The van der Waals surface area contributed by atoms with Gasteiger partial charge in [-0.1, -0.05) is 36.4 Å². The Morgan fingerprint density at radius 1 is 1.00 bits per heavy atom. The summed E-state index contributed by atoms with van der Waals surface area (Å²) in [5.41, 5.74) is 3.54. The Balaban J connectivity index is 1.63. The first kappa shape index (κ1) is 19.1. The van der Waals surface area contributed by atoms with Crippen molar-refractivity contribution < 1.29 is 14.4 Å². The number of rotatable bonds is 5. The van der Waals surface area contributed by atoms with Crippen LogP contribution in [0.2, 0.25) is 0 Å². The molecule has 3 aromatic carbocycles. The minimum Gasteiger partial charge on any atom is -0.454 e. The zero-order valence-corrected chi connectivity index (χ0v) is 17.1. The minimum atomic E-state index is -0.382. The summed E-state index contributed by atoms with van der Waals surface area (Å²) in [6.07, 6.45) is 0. The van der Waals surface area contributed by atoms with Crippen molar-refractivity contribution in [1.29, 1.82) is 0 Å². The van der Waals surface area contributed by atoms with E-state index in [0.29, 0.717) is 12.3 Å². The molecule has 0 N–H and O–H groups in total. The lowest BCUT2D eigenvalue weighted by Crippen LogP contribution is -2.16. The average Bonchev–Trinajstić information content (AvgIpc) is 3.41. The summed E-state index contributed by atoms with van der Waals surface area (Å²) < 4.78 is 13.0. The molecule has 31 heavy (non-hydrogen) atoms. The predicted octanol–water partition coefficient (Wildman–Crippen LogP) is 5.13. The molecular weight excluding hydrogens is 414 g/mol. The maximum Gasteiger partial charge on any atom is 0.270 e. The molecule has 0 saturated carbocycles. The van der Waals surface area contributed by atoms with Crippen LogP contribution in [0.1, 0.15) is 5.56 Å². The standard InChI is InChI=1S/C23H17N3O4S/c27-26(28)19-8-4-5-17(12-19)20-14-31-23(24-18-6-2-1-3-7-18)25(20)13-16-9-10-21-22(11-16)30-15-29-21/h1-12,14H,13,15H2. The molecule has 0 atom stereocenters. The molecule has 1 aliphatic rings.